The van der Waals surface area contributed by atoms with Crippen LogP contribution in [0.5, 0.6) is 0 Å². The molecule has 0 saturated heterocycles. The van der Waals surface area contributed by atoms with Crippen molar-refractivity contribution in [2.45, 2.75) is 6.54 Å². The van der Waals surface area contributed by atoms with E-state index in [4.69, 9.17) is 0 Å². The topological polar surface area (TPSA) is 28.0 Å². The molecule has 0 aromatic heterocycles. The summed E-state index contributed by atoms with van der Waals surface area (Å²) in [5.74, 6) is 0. The van der Waals surface area contributed by atoms with Crippen LogP contribution in [-0.4, -0.2) is 24.2 Å². The van der Waals surface area contributed by atoms with Gasteiger partial charge in [0.25, 0.3) is 0 Å². The third-order valence-corrected chi connectivity index (χ3v) is 1.87. The lowest BCUT2D eigenvalue weighted by molar-refractivity contribution is 0.436. The van der Waals surface area contributed by atoms with Crippen molar-refractivity contribution in [3.05, 3.63) is 35.9 Å². The van der Waals surface area contributed by atoms with Crippen LogP contribution in [0.2, 0.25) is 0 Å². The van der Waals surface area contributed by atoms with E-state index in [0.717, 1.165) is 6.54 Å². The van der Waals surface area contributed by atoms with Crippen molar-refractivity contribution in [3.63, 3.8) is 0 Å². The average Bonchev–Trinajstić information content (AvgIpc) is 2.21. The van der Waals surface area contributed by atoms with E-state index in [1.165, 1.54) is 5.56 Å². The zero-order valence-corrected chi connectivity index (χ0v) is 7.30. The standard InChI is InChI=1S/C10H11N3/c1-2-4-10(5-3-1)6-13-8-11-7-12-9-13/h1-5,7-8H,6,9H2. The van der Waals surface area contributed by atoms with Gasteiger partial charge in [0, 0.05) is 6.54 Å². The smallest absolute Gasteiger partial charge is 0.113 e. The second kappa shape index (κ2) is 3.85. The Morgan fingerprint density at radius 1 is 1.23 bits per heavy atom. The van der Waals surface area contributed by atoms with E-state index in [9.17, 15) is 0 Å². The van der Waals surface area contributed by atoms with Crippen LogP contribution in [0.25, 0.3) is 0 Å². The Hall–Kier alpha value is -1.64. The monoisotopic (exact) mass is 173 g/mol. The van der Waals surface area contributed by atoms with Gasteiger partial charge in [-0.2, -0.15) is 0 Å². The summed E-state index contributed by atoms with van der Waals surface area (Å²) in [4.78, 5) is 10.1. The molecule has 0 aliphatic carbocycles. The van der Waals surface area contributed by atoms with Crippen LogP contribution < -0.4 is 0 Å². The van der Waals surface area contributed by atoms with Crippen LogP contribution in [0.1, 0.15) is 5.56 Å². The lowest BCUT2D eigenvalue weighted by atomic mass is 10.2. The van der Waals surface area contributed by atoms with E-state index < -0.39 is 0 Å². The van der Waals surface area contributed by atoms with Gasteiger partial charge in [-0.1, -0.05) is 30.3 Å². The Morgan fingerprint density at radius 3 is 2.77 bits per heavy atom. The molecule has 0 atom stereocenters. The van der Waals surface area contributed by atoms with E-state index in [0.29, 0.717) is 6.67 Å². The fourth-order valence-electron chi connectivity index (χ4n) is 1.26. The summed E-state index contributed by atoms with van der Waals surface area (Å²) in [6, 6.07) is 10.3. The molecule has 66 valence electrons. The van der Waals surface area contributed by atoms with Gasteiger partial charge in [-0.25, -0.2) is 4.99 Å². The second-order valence-electron chi connectivity index (χ2n) is 2.94. The molecule has 13 heavy (non-hydrogen) atoms. The van der Waals surface area contributed by atoms with E-state index in [2.05, 4.69) is 27.0 Å². The first-order valence-electron chi connectivity index (χ1n) is 4.25. The van der Waals surface area contributed by atoms with Crippen molar-refractivity contribution in [3.8, 4) is 0 Å². The van der Waals surface area contributed by atoms with E-state index in [1.807, 2.05) is 24.5 Å². The minimum Gasteiger partial charge on any atom is -0.339 e. The minimum absolute atomic E-state index is 0.707. The first-order chi connectivity index (χ1) is 6.45. The first kappa shape index (κ1) is 7.98. The molecule has 3 nitrogen and oxygen atoms in total. The Bertz CT molecular complexity index is 316. The van der Waals surface area contributed by atoms with Gasteiger partial charge in [0.2, 0.25) is 0 Å². The van der Waals surface area contributed by atoms with Gasteiger partial charge >= 0.3 is 0 Å². The number of nitrogens with zero attached hydrogens (tertiary/aromatic N) is 3. The summed E-state index contributed by atoms with van der Waals surface area (Å²) in [6.07, 6.45) is 3.40. The highest BCUT2D eigenvalue weighted by Gasteiger charge is 2.01. The van der Waals surface area contributed by atoms with E-state index >= 15 is 0 Å². The lowest BCUT2D eigenvalue weighted by Gasteiger charge is -2.18. The van der Waals surface area contributed by atoms with Crippen LogP contribution in [0.3, 0.4) is 0 Å². The molecule has 2 rings (SSSR count). The quantitative estimate of drug-likeness (QED) is 0.666. The van der Waals surface area contributed by atoms with Crippen molar-refractivity contribution in [1.29, 1.82) is 0 Å². The summed E-state index contributed by atoms with van der Waals surface area (Å²) in [7, 11) is 0. The van der Waals surface area contributed by atoms with Crippen molar-refractivity contribution >= 4 is 12.7 Å². The van der Waals surface area contributed by atoms with Crippen molar-refractivity contribution < 1.29 is 0 Å². The average molecular weight is 173 g/mol. The Labute approximate surface area is 77.4 Å². The van der Waals surface area contributed by atoms with Crippen LogP contribution in [-0.2, 0) is 6.54 Å². The molecule has 1 aromatic rings. The highest BCUT2D eigenvalue weighted by molar-refractivity contribution is 5.72. The summed E-state index contributed by atoms with van der Waals surface area (Å²) in [5, 5.41) is 0. The van der Waals surface area contributed by atoms with Crippen molar-refractivity contribution in [2.75, 3.05) is 6.67 Å². The summed E-state index contributed by atoms with van der Waals surface area (Å²) in [5.41, 5.74) is 1.28. The molecule has 3 heteroatoms. The molecule has 1 aromatic carbocycles. The van der Waals surface area contributed by atoms with E-state index in [1.54, 1.807) is 6.34 Å². The van der Waals surface area contributed by atoms with Gasteiger partial charge < -0.3 is 4.90 Å². The van der Waals surface area contributed by atoms with Gasteiger partial charge in [-0.05, 0) is 5.56 Å². The van der Waals surface area contributed by atoms with Gasteiger partial charge in [-0.15, -0.1) is 0 Å². The second-order valence-corrected chi connectivity index (χ2v) is 2.94. The maximum Gasteiger partial charge on any atom is 0.113 e. The first-order valence-corrected chi connectivity index (χ1v) is 4.25. The van der Waals surface area contributed by atoms with E-state index in [-0.39, 0.29) is 0 Å². The molecule has 1 aliphatic rings. The van der Waals surface area contributed by atoms with Gasteiger partial charge in [0.15, 0.2) is 0 Å². The molecule has 1 aliphatic heterocycles. The van der Waals surface area contributed by atoms with Crippen LogP contribution in [0.15, 0.2) is 40.3 Å². The Balaban J connectivity index is 1.99. The maximum atomic E-state index is 4.06. The Kier molecular flexibility index (Phi) is 2.36. The number of hydrogen-bond acceptors (Lipinski definition) is 3. The molecule has 0 amide bonds. The molecule has 0 saturated carbocycles. The molecule has 0 N–H and O–H groups in total. The lowest BCUT2D eigenvalue weighted by Crippen LogP contribution is -2.23. The molecular formula is C10H11N3. The summed E-state index contributed by atoms with van der Waals surface area (Å²) < 4.78 is 0. The SMILES string of the molecule is C1=NC=NCN1Cc1ccccc1. The number of benzene rings is 1. The number of aliphatic imine (C=N–C) groups is 2. The molecule has 0 spiro atoms. The highest BCUT2D eigenvalue weighted by atomic mass is 15.2. The van der Waals surface area contributed by atoms with Crippen LogP contribution >= 0.6 is 0 Å². The zero-order chi connectivity index (χ0) is 8.93. The zero-order valence-electron chi connectivity index (χ0n) is 7.30. The predicted octanol–water partition coefficient (Wildman–Crippen LogP) is 1.52. The van der Waals surface area contributed by atoms with Gasteiger partial charge in [0.05, 0.1) is 6.34 Å². The maximum absolute atomic E-state index is 4.06. The summed E-state index contributed by atoms with van der Waals surface area (Å²) in [6.45, 7) is 1.58. The molecular weight excluding hydrogens is 162 g/mol. The Morgan fingerprint density at radius 2 is 2.08 bits per heavy atom. The number of hydrogen-bond donors (Lipinski definition) is 0. The fourth-order valence-corrected chi connectivity index (χ4v) is 1.26. The molecule has 0 bridgehead atoms. The van der Waals surface area contributed by atoms with Crippen LogP contribution in [0.4, 0.5) is 0 Å². The highest BCUT2D eigenvalue weighted by Crippen LogP contribution is 2.03. The fraction of sp³-hybridized carbons (Fsp3) is 0.200. The van der Waals surface area contributed by atoms with Gasteiger partial charge in [0.1, 0.15) is 13.0 Å². The third kappa shape index (κ3) is 2.15. The minimum atomic E-state index is 0.707. The van der Waals surface area contributed by atoms with Gasteiger partial charge in [-0.3, -0.25) is 4.99 Å². The largest absolute Gasteiger partial charge is 0.339 e. The number of rotatable bonds is 2. The van der Waals surface area contributed by atoms with Crippen molar-refractivity contribution in [1.82, 2.24) is 4.90 Å². The van der Waals surface area contributed by atoms with Crippen LogP contribution in [0, 0.1) is 0 Å². The third-order valence-electron chi connectivity index (χ3n) is 1.87. The molecule has 0 unspecified atom stereocenters. The molecule has 1 heterocycles. The predicted molar refractivity (Wildman–Crippen MR) is 53.8 cm³/mol. The van der Waals surface area contributed by atoms with Crippen molar-refractivity contribution in [2.24, 2.45) is 9.98 Å². The summed E-state index contributed by atoms with van der Waals surface area (Å²) >= 11 is 0. The molecule has 0 radical (unpaired) electrons. The normalized spacial score (nSPS) is 14.9. The molecule has 0 fully saturated rings.